The number of rotatable bonds is 8. The van der Waals surface area contributed by atoms with Crippen molar-refractivity contribution in [3.8, 4) is 5.75 Å². The highest BCUT2D eigenvalue weighted by Crippen LogP contribution is 2.30. The molecule has 0 heterocycles. The van der Waals surface area contributed by atoms with E-state index in [4.69, 9.17) is 15.6 Å². The number of nitro benzene ring substituents is 1. The lowest BCUT2D eigenvalue weighted by molar-refractivity contribution is -0.385. The third-order valence-corrected chi connectivity index (χ3v) is 2.83. The molecule has 0 spiro atoms. The summed E-state index contributed by atoms with van der Waals surface area (Å²) in [4.78, 5) is 10.5. The van der Waals surface area contributed by atoms with E-state index < -0.39 is 4.92 Å². The van der Waals surface area contributed by atoms with Gasteiger partial charge >= 0.3 is 5.69 Å². The lowest BCUT2D eigenvalue weighted by atomic mass is 10.0. The molecule has 19 heavy (non-hydrogen) atoms. The average Bonchev–Trinajstić information content (AvgIpc) is 2.39. The van der Waals surface area contributed by atoms with Crippen molar-refractivity contribution in [3.63, 3.8) is 0 Å². The number of hydrogen-bond acceptors (Lipinski definition) is 5. The fourth-order valence-corrected chi connectivity index (χ4v) is 1.83. The Bertz CT molecular complexity index is 423. The molecule has 1 aromatic rings. The Hall–Kier alpha value is -1.66. The van der Waals surface area contributed by atoms with Crippen molar-refractivity contribution in [1.29, 1.82) is 0 Å². The lowest BCUT2D eigenvalue weighted by Crippen LogP contribution is -2.11. The van der Waals surface area contributed by atoms with Gasteiger partial charge in [0.05, 0.1) is 11.5 Å². The van der Waals surface area contributed by atoms with Gasteiger partial charge in [-0.2, -0.15) is 0 Å². The minimum Gasteiger partial charge on any atom is -0.487 e. The molecule has 0 saturated carbocycles. The molecule has 106 valence electrons. The molecule has 0 bridgehead atoms. The highest BCUT2D eigenvalue weighted by Gasteiger charge is 2.18. The molecule has 1 unspecified atom stereocenters. The van der Waals surface area contributed by atoms with E-state index in [1.807, 2.05) is 0 Å². The van der Waals surface area contributed by atoms with Crippen molar-refractivity contribution in [2.75, 3.05) is 13.2 Å². The molecular weight excluding hydrogens is 248 g/mol. The summed E-state index contributed by atoms with van der Waals surface area (Å²) >= 11 is 0. The first-order chi connectivity index (χ1) is 9.10. The predicted molar refractivity (Wildman–Crippen MR) is 72.1 cm³/mol. The summed E-state index contributed by atoms with van der Waals surface area (Å²) in [7, 11) is 0. The fraction of sp³-hybridized carbons (Fsp3) is 0.538. The minimum absolute atomic E-state index is 0.0584. The molecule has 0 aliphatic rings. The van der Waals surface area contributed by atoms with Crippen molar-refractivity contribution in [2.24, 2.45) is 5.73 Å². The molecule has 6 heteroatoms. The molecule has 1 rings (SSSR count). The smallest absolute Gasteiger partial charge is 0.311 e. The second-order valence-electron chi connectivity index (χ2n) is 4.24. The Morgan fingerprint density at radius 2 is 2.21 bits per heavy atom. The maximum Gasteiger partial charge on any atom is 0.311 e. The molecule has 6 nitrogen and oxygen atoms in total. The van der Waals surface area contributed by atoms with Gasteiger partial charge in [-0.25, -0.2) is 0 Å². The van der Waals surface area contributed by atoms with E-state index in [0.717, 1.165) is 6.42 Å². The largest absolute Gasteiger partial charge is 0.487 e. The van der Waals surface area contributed by atoms with E-state index >= 15 is 0 Å². The van der Waals surface area contributed by atoms with Gasteiger partial charge in [0, 0.05) is 18.7 Å². The summed E-state index contributed by atoms with van der Waals surface area (Å²) in [6.45, 7) is 2.29. The molecule has 0 aliphatic carbocycles. The number of unbranched alkanes of at least 4 members (excludes halogenated alkanes) is 1. The zero-order valence-electron chi connectivity index (χ0n) is 11.0. The van der Waals surface area contributed by atoms with Gasteiger partial charge < -0.3 is 15.6 Å². The van der Waals surface area contributed by atoms with Crippen LogP contribution in [0.2, 0.25) is 0 Å². The van der Waals surface area contributed by atoms with Gasteiger partial charge in [-0.05, 0) is 37.8 Å². The number of nitrogens with two attached hydrogens (primary N) is 1. The van der Waals surface area contributed by atoms with Crippen LogP contribution in [0.3, 0.4) is 0 Å². The fourth-order valence-electron chi connectivity index (χ4n) is 1.83. The first-order valence-corrected chi connectivity index (χ1v) is 6.37. The standard InChI is InChI=1S/C13H20N2O4/c1-2-19-13-7-6-10(9-12(13)15(17)18)11(14)5-3-4-8-16/h6-7,9,11,16H,2-5,8,14H2,1H3. The molecule has 0 aliphatic heterocycles. The Labute approximate surface area is 112 Å². The number of aliphatic hydroxyl groups excluding tert-OH is 1. The van der Waals surface area contributed by atoms with Crippen molar-refractivity contribution in [1.82, 2.24) is 0 Å². The van der Waals surface area contributed by atoms with Crippen LogP contribution in [-0.2, 0) is 0 Å². The topological polar surface area (TPSA) is 98.6 Å². The monoisotopic (exact) mass is 268 g/mol. The van der Waals surface area contributed by atoms with E-state index in [-0.39, 0.29) is 24.1 Å². The van der Waals surface area contributed by atoms with E-state index in [9.17, 15) is 10.1 Å². The summed E-state index contributed by atoms with van der Waals surface area (Å²) < 4.78 is 5.22. The van der Waals surface area contributed by atoms with Crippen LogP contribution in [0.15, 0.2) is 18.2 Å². The molecule has 3 N–H and O–H groups in total. The second kappa shape index (κ2) is 7.70. The Balaban J connectivity index is 2.85. The summed E-state index contributed by atoms with van der Waals surface area (Å²) in [5.74, 6) is 0.263. The van der Waals surface area contributed by atoms with Crippen LogP contribution in [0.5, 0.6) is 5.75 Å². The van der Waals surface area contributed by atoms with Crippen LogP contribution >= 0.6 is 0 Å². The lowest BCUT2D eigenvalue weighted by Gasteiger charge is -2.12. The van der Waals surface area contributed by atoms with Crippen LogP contribution in [0.4, 0.5) is 5.69 Å². The van der Waals surface area contributed by atoms with Crippen LogP contribution in [-0.4, -0.2) is 23.2 Å². The van der Waals surface area contributed by atoms with Gasteiger partial charge in [-0.15, -0.1) is 0 Å². The van der Waals surface area contributed by atoms with Crippen molar-refractivity contribution >= 4 is 5.69 Å². The molecule has 1 aromatic carbocycles. The Kier molecular flexibility index (Phi) is 6.24. The van der Waals surface area contributed by atoms with Gasteiger partial charge in [0.25, 0.3) is 0 Å². The van der Waals surface area contributed by atoms with Gasteiger partial charge in [-0.3, -0.25) is 10.1 Å². The van der Waals surface area contributed by atoms with Crippen molar-refractivity contribution in [2.45, 2.75) is 32.2 Å². The van der Waals surface area contributed by atoms with Gasteiger partial charge in [0.15, 0.2) is 5.75 Å². The van der Waals surface area contributed by atoms with Crippen LogP contribution < -0.4 is 10.5 Å². The quantitative estimate of drug-likeness (QED) is 0.427. The first-order valence-electron chi connectivity index (χ1n) is 6.37. The number of aliphatic hydroxyl groups is 1. The number of ether oxygens (including phenoxy) is 1. The normalized spacial score (nSPS) is 12.2. The number of nitrogens with zero attached hydrogens (tertiary/aromatic N) is 1. The molecule has 1 atom stereocenters. The zero-order chi connectivity index (χ0) is 14.3. The average molecular weight is 268 g/mol. The number of nitro groups is 1. The van der Waals surface area contributed by atoms with Crippen LogP contribution in [0.1, 0.15) is 37.8 Å². The van der Waals surface area contributed by atoms with Crippen molar-refractivity contribution < 1.29 is 14.8 Å². The maximum absolute atomic E-state index is 11.0. The molecular formula is C13H20N2O4. The van der Waals surface area contributed by atoms with E-state index in [0.29, 0.717) is 25.0 Å². The summed E-state index contributed by atoms with van der Waals surface area (Å²) in [6, 6.07) is 4.54. The molecule has 0 radical (unpaired) electrons. The van der Waals surface area contributed by atoms with Crippen LogP contribution in [0, 0.1) is 10.1 Å². The highest BCUT2D eigenvalue weighted by atomic mass is 16.6. The third-order valence-electron chi connectivity index (χ3n) is 2.83. The Morgan fingerprint density at radius 3 is 2.79 bits per heavy atom. The first kappa shape index (κ1) is 15.4. The molecule has 0 saturated heterocycles. The third kappa shape index (κ3) is 4.50. The maximum atomic E-state index is 11.0. The SMILES string of the molecule is CCOc1ccc(C(N)CCCCO)cc1[N+](=O)[O-]. The van der Waals surface area contributed by atoms with Crippen LogP contribution in [0.25, 0.3) is 0 Å². The molecule has 0 fully saturated rings. The minimum atomic E-state index is -0.463. The summed E-state index contributed by atoms with van der Waals surface area (Å²) in [5.41, 5.74) is 6.64. The predicted octanol–water partition coefficient (Wildman–Crippen LogP) is 2.16. The molecule has 0 amide bonds. The van der Waals surface area contributed by atoms with Crippen molar-refractivity contribution in [3.05, 3.63) is 33.9 Å². The van der Waals surface area contributed by atoms with Gasteiger partial charge in [0.2, 0.25) is 0 Å². The summed E-state index contributed by atoms with van der Waals surface area (Å²) in [6.07, 6.45) is 2.16. The number of benzene rings is 1. The van der Waals surface area contributed by atoms with E-state index in [1.54, 1.807) is 19.1 Å². The highest BCUT2D eigenvalue weighted by molar-refractivity contribution is 5.49. The van der Waals surface area contributed by atoms with Gasteiger partial charge in [0.1, 0.15) is 0 Å². The zero-order valence-corrected chi connectivity index (χ0v) is 11.0. The molecule has 0 aromatic heterocycles. The summed E-state index contributed by atoms with van der Waals surface area (Å²) in [5, 5.41) is 19.7. The second-order valence-corrected chi connectivity index (χ2v) is 4.24. The number of hydrogen-bond donors (Lipinski definition) is 2. The van der Waals surface area contributed by atoms with E-state index in [1.165, 1.54) is 6.07 Å². The Morgan fingerprint density at radius 1 is 1.47 bits per heavy atom. The van der Waals surface area contributed by atoms with Gasteiger partial charge in [-0.1, -0.05) is 6.07 Å². The van der Waals surface area contributed by atoms with E-state index in [2.05, 4.69) is 0 Å².